The van der Waals surface area contributed by atoms with Crippen molar-refractivity contribution in [1.29, 1.82) is 0 Å². The molecule has 1 heterocycles. The maximum atomic E-state index is 13.3. The number of rotatable bonds is 5. The van der Waals surface area contributed by atoms with Gasteiger partial charge in [0.1, 0.15) is 6.54 Å². The molecule has 3 rings (SSSR count). The molecule has 5 N–H and O–H groups in total. The van der Waals surface area contributed by atoms with Gasteiger partial charge in [0.05, 0.1) is 12.2 Å². The number of aliphatic hydroxyl groups excluding tert-OH is 3. The largest absolute Gasteiger partial charge is 0.480 e. The topological polar surface area (TPSA) is 168 Å². The Hall–Kier alpha value is -2.24. The first-order chi connectivity index (χ1) is 14.2. The van der Waals surface area contributed by atoms with E-state index in [-0.39, 0.29) is 6.42 Å². The van der Waals surface area contributed by atoms with Gasteiger partial charge >= 0.3 is 12.0 Å². The van der Waals surface area contributed by atoms with Crippen molar-refractivity contribution in [3.63, 3.8) is 0 Å². The molecule has 0 aromatic carbocycles. The second-order valence-corrected chi connectivity index (χ2v) is 8.34. The Bertz CT molecular complexity index is 693. The summed E-state index contributed by atoms with van der Waals surface area (Å²) in [4.78, 5) is 51.9. The fourth-order valence-electron chi connectivity index (χ4n) is 4.71. The molecule has 30 heavy (non-hydrogen) atoms. The van der Waals surface area contributed by atoms with Gasteiger partial charge in [0.15, 0.2) is 12.1 Å². The van der Waals surface area contributed by atoms with E-state index in [1.165, 1.54) is 0 Å². The number of hydrogen-bond donors (Lipinski definition) is 5. The van der Waals surface area contributed by atoms with Crippen LogP contribution in [0.1, 0.15) is 51.4 Å². The average Bonchev–Trinajstić information content (AvgIpc) is 2.68. The summed E-state index contributed by atoms with van der Waals surface area (Å²) < 4.78 is 0. The number of nitrogens with zero attached hydrogens (tertiary/aromatic N) is 2. The minimum atomic E-state index is -1.75. The van der Waals surface area contributed by atoms with E-state index in [4.69, 9.17) is 5.11 Å². The second kappa shape index (κ2) is 9.27. The molecule has 1 aliphatic heterocycles. The first-order valence-corrected chi connectivity index (χ1v) is 10.4. The number of amides is 4. The molecule has 3 aliphatic rings. The summed E-state index contributed by atoms with van der Waals surface area (Å²) >= 11 is 0. The van der Waals surface area contributed by atoms with E-state index in [1.807, 2.05) is 0 Å². The van der Waals surface area contributed by atoms with E-state index in [9.17, 15) is 34.5 Å². The van der Waals surface area contributed by atoms with Crippen molar-refractivity contribution in [1.82, 2.24) is 15.1 Å². The summed E-state index contributed by atoms with van der Waals surface area (Å²) in [7, 11) is 0. The number of carboxylic acids is 1. The number of carboxylic acid groups (broad SMARTS) is 1. The average molecular weight is 427 g/mol. The number of carbonyl (C=O) groups is 4. The fraction of sp³-hybridized carbons (Fsp3) is 0.789. The summed E-state index contributed by atoms with van der Waals surface area (Å²) in [5, 5.41) is 41.5. The van der Waals surface area contributed by atoms with Crippen LogP contribution < -0.4 is 5.32 Å². The standard InChI is InChI=1S/C19H29N3O8/c23-12-6-4-10(5-7-12)21-17(28)15(16(27)20-9-14(25)26)18(29)22(19(21)30)11-2-1-3-13(24)8-11/h10-13,15,18,23-24,29H,1-9H2,(H,20,27)(H,25,26)/t10?,11-,12?,13-,15?,18?/m1/s1. The van der Waals surface area contributed by atoms with Gasteiger partial charge in [0.25, 0.3) is 0 Å². The van der Waals surface area contributed by atoms with Gasteiger partial charge in [-0.2, -0.15) is 0 Å². The van der Waals surface area contributed by atoms with Crippen LogP contribution in [-0.4, -0.2) is 91.1 Å². The van der Waals surface area contributed by atoms with Crippen molar-refractivity contribution in [3.05, 3.63) is 0 Å². The van der Waals surface area contributed by atoms with Gasteiger partial charge in [-0.15, -0.1) is 0 Å². The van der Waals surface area contributed by atoms with Crippen molar-refractivity contribution < 1.29 is 39.6 Å². The van der Waals surface area contributed by atoms with Crippen LogP contribution in [0.25, 0.3) is 0 Å². The predicted molar refractivity (Wildman–Crippen MR) is 101 cm³/mol. The summed E-state index contributed by atoms with van der Waals surface area (Å²) in [5.41, 5.74) is 0. The Kier molecular flexibility index (Phi) is 6.94. The fourth-order valence-corrected chi connectivity index (χ4v) is 4.71. The van der Waals surface area contributed by atoms with E-state index < -0.39 is 66.8 Å². The van der Waals surface area contributed by atoms with Gasteiger partial charge in [-0.25, -0.2) is 4.79 Å². The quantitative estimate of drug-likeness (QED) is 0.348. The zero-order valence-electron chi connectivity index (χ0n) is 16.6. The SMILES string of the molecule is O=C(O)CNC(=O)C1C(=O)N(C2CCC(O)CC2)C(=O)N([C@@H]2CCC[C@@H](O)C2)C1O. The minimum Gasteiger partial charge on any atom is -0.480 e. The van der Waals surface area contributed by atoms with E-state index in [2.05, 4.69) is 5.32 Å². The summed E-state index contributed by atoms with van der Waals surface area (Å²) in [6.45, 7) is -0.721. The second-order valence-electron chi connectivity index (χ2n) is 8.34. The van der Waals surface area contributed by atoms with Crippen LogP contribution in [0.5, 0.6) is 0 Å². The summed E-state index contributed by atoms with van der Waals surface area (Å²) in [5.74, 6) is -4.80. The van der Waals surface area contributed by atoms with E-state index >= 15 is 0 Å². The number of aliphatic carboxylic acids is 1. The molecule has 3 fully saturated rings. The Morgan fingerprint density at radius 3 is 2.20 bits per heavy atom. The lowest BCUT2D eigenvalue weighted by atomic mass is 9.87. The van der Waals surface area contributed by atoms with E-state index in [1.54, 1.807) is 0 Å². The van der Waals surface area contributed by atoms with Crippen molar-refractivity contribution in [2.75, 3.05) is 6.54 Å². The highest BCUT2D eigenvalue weighted by Gasteiger charge is 2.53. The van der Waals surface area contributed by atoms with Crippen LogP contribution in [0.4, 0.5) is 4.79 Å². The lowest BCUT2D eigenvalue weighted by Crippen LogP contribution is -2.69. The number of imide groups is 1. The van der Waals surface area contributed by atoms with E-state index in [0.29, 0.717) is 44.9 Å². The van der Waals surface area contributed by atoms with Crippen molar-refractivity contribution >= 4 is 23.8 Å². The molecule has 0 spiro atoms. The molecule has 4 atom stereocenters. The number of aliphatic hydroxyl groups is 3. The zero-order chi connectivity index (χ0) is 22.0. The van der Waals surface area contributed by atoms with Crippen molar-refractivity contribution in [3.8, 4) is 0 Å². The molecule has 2 aliphatic carbocycles. The molecule has 11 nitrogen and oxygen atoms in total. The Balaban J connectivity index is 1.89. The first kappa shape index (κ1) is 22.4. The van der Waals surface area contributed by atoms with Gasteiger partial charge in [-0.3, -0.25) is 24.2 Å². The number of carbonyl (C=O) groups excluding carboxylic acids is 3. The Labute approximate surface area is 173 Å². The third-order valence-electron chi connectivity index (χ3n) is 6.25. The Morgan fingerprint density at radius 2 is 1.60 bits per heavy atom. The van der Waals surface area contributed by atoms with Gasteiger partial charge in [0.2, 0.25) is 11.8 Å². The molecule has 0 bridgehead atoms. The molecule has 1 saturated heterocycles. The van der Waals surface area contributed by atoms with Crippen LogP contribution in [0.15, 0.2) is 0 Å². The van der Waals surface area contributed by atoms with Crippen molar-refractivity contribution in [2.45, 2.75) is 81.9 Å². The highest BCUT2D eigenvalue weighted by atomic mass is 16.4. The maximum absolute atomic E-state index is 13.3. The number of urea groups is 1. The smallest absolute Gasteiger partial charge is 0.329 e. The third-order valence-corrected chi connectivity index (χ3v) is 6.25. The van der Waals surface area contributed by atoms with Gasteiger partial charge in [0, 0.05) is 12.1 Å². The third kappa shape index (κ3) is 4.57. The van der Waals surface area contributed by atoms with Gasteiger partial charge in [-0.1, -0.05) is 0 Å². The van der Waals surface area contributed by atoms with Crippen LogP contribution in [-0.2, 0) is 14.4 Å². The van der Waals surface area contributed by atoms with Crippen LogP contribution in [0.2, 0.25) is 0 Å². The molecule has 4 amide bonds. The number of hydrogen-bond acceptors (Lipinski definition) is 7. The van der Waals surface area contributed by atoms with Crippen LogP contribution >= 0.6 is 0 Å². The van der Waals surface area contributed by atoms with Crippen LogP contribution in [0.3, 0.4) is 0 Å². The molecule has 0 aromatic heterocycles. The molecular formula is C19H29N3O8. The highest BCUT2D eigenvalue weighted by molar-refractivity contribution is 6.09. The first-order valence-electron chi connectivity index (χ1n) is 10.4. The lowest BCUT2D eigenvalue weighted by molar-refractivity contribution is -0.164. The molecule has 11 heteroatoms. The zero-order valence-corrected chi connectivity index (χ0v) is 16.6. The van der Waals surface area contributed by atoms with Gasteiger partial charge < -0.3 is 25.7 Å². The monoisotopic (exact) mass is 427 g/mol. The lowest BCUT2D eigenvalue weighted by Gasteiger charge is -2.49. The minimum absolute atomic E-state index is 0.220. The molecule has 0 radical (unpaired) electrons. The molecular weight excluding hydrogens is 398 g/mol. The summed E-state index contributed by atoms with van der Waals surface area (Å²) in [6.07, 6.45) is 0.567. The normalized spacial score (nSPS) is 35.3. The maximum Gasteiger partial charge on any atom is 0.329 e. The molecule has 2 saturated carbocycles. The molecule has 168 valence electrons. The summed E-state index contributed by atoms with van der Waals surface area (Å²) in [6, 6.07) is -1.78. The molecule has 2 unspecified atom stereocenters. The van der Waals surface area contributed by atoms with E-state index in [0.717, 1.165) is 9.80 Å². The highest BCUT2D eigenvalue weighted by Crippen LogP contribution is 2.34. The van der Waals surface area contributed by atoms with Crippen LogP contribution in [0, 0.1) is 5.92 Å². The Morgan fingerprint density at radius 1 is 0.933 bits per heavy atom. The predicted octanol–water partition coefficient (Wildman–Crippen LogP) is -1.01. The molecule has 0 aromatic rings. The van der Waals surface area contributed by atoms with Crippen molar-refractivity contribution in [2.24, 2.45) is 5.92 Å². The van der Waals surface area contributed by atoms with Gasteiger partial charge in [-0.05, 0) is 51.4 Å². The number of nitrogens with one attached hydrogen (secondary N) is 1.